The van der Waals surface area contributed by atoms with Gasteiger partial charge in [-0.05, 0) is 31.0 Å². The maximum atomic E-state index is 12.8. The Kier molecular flexibility index (Phi) is 3.81. The van der Waals surface area contributed by atoms with Crippen molar-refractivity contribution >= 4 is 26.0 Å². The fraction of sp³-hybridized carbons (Fsp3) is 0.455. The third-order valence-corrected chi connectivity index (χ3v) is 5.09. The minimum atomic E-state index is -4.61. The maximum Gasteiger partial charge on any atom is 0.407 e. The quantitative estimate of drug-likeness (QED) is 0.882. The van der Waals surface area contributed by atoms with Gasteiger partial charge in [-0.25, -0.2) is 8.42 Å². The first-order valence-corrected chi connectivity index (χ1v) is 7.83. The molecule has 2 rings (SSSR count). The molecule has 20 heavy (non-hydrogen) atoms. The Hall–Kier alpha value is -0.800. The molecule has 0 spiro atoms. The molecule has 0 atom stereocenters. The van der Waals surface area contributed by atoms with E-state index in [4.69, 9.17) is 4.74 Å². The van der Waals surface area contributed by atoms with E-state index in [0.717, 1.165) is 0 Å². The lowest BCUT2D eigenvalue weighted by Crippen LogP contribution is -2.47. The Balaban J connectivity index is 2.40. The Labute approximate surface area is 122 Å². The van der Waals surface area contributed by atoms with Crippen LogP contribution in [0, 0.1) is 0 Å². The molecule has 0 bridgehead atoms. The van der Waals surface area contributed by atoms with Crippen molar-refractivity contribution in [3.05, 3.63) is 22.7 Å². The molecule has 0 saturated heterocycles. The van der Waals surface area contributed by atoms with Crippen LogP contribution in [-0.4, -0.2) is 27.2 Å². The Morgan fingerprint density at radius 3 is 2.40 bits per heavy atom. The molecular formula is C11H11BrF3NO3S. The van der Waals surface area contributed by atoms with Crippen molar-refractivity contribution in [2.24, 2.45) is 0 Å². The zero-order valence-corrected chi connectivity index (χ0v) is 12.7. The summed E-state index contributed by atoms with van der Waals surface area (Å²) in [5.41, 5.74) is -2.35. The molecule has 1 aliphatic rings. The second-order valence-electron chi connectivity index (χ2n) is 4.48. The molecule has 112 valence electrons. The van der Waals surface area contributed by atoms with Gasteiger partial charge in [-0.1, -0.05) is 15.9 Å². The molecule has 9 heteroatoms. The Morgan fingerprint density at radius 2 is 1.95 bits per heavy atom. The summed E-state index contributed by atoms with van der Waals surface area (Å²) in [4.78, 5) is -0.329. The van der Waals surface area contributed by atoms with Gasteiger partial charge in [0.25, 0.3) is 0 Å². The summed E-state index contributed by atoms with van der Waals surface area (Å²) in [6.07, 6.45) is -5.13. The zero-order valence-electron chi connectivity index (χ0n) is 10.3. The number of ether oxygens (including phenoxy) is 1. The largest absolute Gasteiger partial charge is 0.495 e. The monoisotopic (exact) mass is 373 g/mol. The maximum absolute atomic E-state index is 12.8. The van der Waals surface area contributed by atoms with Gasteiger partial charge >= 0.3 is 6.18 Å². The molecule has 1 N–H and O–H groups in total. The highest BCUT2D eigenvalue weighted by molar-refractivity contribution is 9.10. The van der Waals surface area contributed by atoms with Crippen molar-refractivity contribution in [1.82, 2.24) is 4.72 Å². The molecule has 1 aromatic rings. The summed E-state index contributed by atoms with van der Waals surface area (Å²) in [6.45, 7) is 0. The summed E-state index contributed by atoms with van der Waals surface area (Å²) in [5.74, 6) is -0.0151. The molecule has 0 heterocycles. The first-order chi connectivity index (χ1) is 9.11. The third kappa shape index (κ3) is 2.79. The number of alkyl halides is 3. The highest BCUT2D eigenvalue weighted by Crippen LogP contribution is 2.50. The number of hydrogen-bond acceptors (Lipinski definition) is 3. The molecule has 1 fully saturated rings. The molecular weight excluding hydrogens is 363 g/mol. The predicted molar refractivity (Wildman–Crippen MR) is 69.0 cm³/mol. The second-order valence-corrected chi connectivity index (χ2v) is 7.05. The molecule has 0 aliphatic heterocycles. The molecule has 1 saturated carbocycles. The normalized spacial score (nSPS) is 17.9. The van der Waals surface area contributed by atoms with Crippen molar-refractivity contribution in [2.45, 2.75) is 29.5 Å². The minimum Gasteiger partial charge on any atom is -0.495 e. The van der Waals surface area contributed by atoms with Gasteiger partial charge in [-0.2, -0.15) is 17.9 Å². The fourth-order valence-electron chi connectivity index (χ4n) is 1.74. The SMILES string of the molecule is COc1ccc(Br)cc1S(=O)(=O)NC1(C(F)(F)F)CC1. The van der Waals surface area contributed by atoms with Crippen LogP contribution in [0.15, 0.2) is 27.6 Å². The topological polar surface area (TPSA) is 55.4 Å². The van der Waals surface area contributed by atoms with Crippen molar-refractivity contribution in [3.8, 4) is 5.75 Å². The molecule has 4 nitrogen and oxygen atoms in total. The lowest BCUT2D eigenvalue weighted by Gasteiger charge is -2.21. The average Bonchev–Trinajstić information content (AvgIpc) is 3.08. The van der Waals surface area contributed by atoms with Gasteiger partial charge < -0.3 is 4.74 Å². The van der Waals surface area contributed by atoms with Crippen molar-refractivity contribution in [2.75, 3.05) is 7.11 Å². The Morgan fingerprint density at radius 1 is 1.35 bits per heavy atom. The van der Waals surface area contributed by atoms with Gasteiger partial charge in [0.05, 0.1) is 7.11 Å². The minimum absolute atomic E-state index is 0.0151. The molecule has 0 aromatic heterocycles. The van der Waals surface area contributed by atoms with Crippen LogP contribution in [0.3, 0.4) is 0 Å². The van der Waals surface area contributed by atoms with Gasteiger partial charge in [0.1, 0.15) is 16.2 Å². The standard InChI is InChI=1S/C11H11BrF3NO3S/c1-19-8-3-2-7(12)6-9(8)20(17,18)16-10(4-5-10)11(13,14)15/h2-3,6,16H,4-5H2,1H3. The number of methoxy groups -OCH3 is 1. The number of rotatable bonds is 4. The molecule has 0 amide bonds. The molecule has 0 unspecified atom stereocenters. The van der Waals surface area contributed by atoms with Crippen LogP contribution < -0.4 is 9.46 Å². The lowest BCUT2D eigenvalue weighted by atomic mass is 10.3. The zero-order chi connectivity index (χ0) is 15.2. The van der Waals surface area contributed by atoms with Crippen molar-refractivity contribution in [1.29, 1.82) is 0 Å². The van der Waals surface area contributed by atoms with Crippen LogP contribution >= 0.6 is 15.9 Å². The van der Waals surface area contributed by atoms with E-state index < -0.39 is 21.7 Å². The summed E-state index contributed by atoms with van der Waals surface area (Å²) in [5, 5.41) is 0. The summed E-state index contributed by atoms with van der Waals surface area (Å²) >= 11 is 3.08. The highest BCUT2D eigenvalue weighted by Gasteiger charge is 2.65. The number of hydrogen-bond donors (Lipinski definition) is 1. The van der Waals surface area contributed by atoms with E-state index in [0.29, 0.717) is 4.47 Å². The van der Waals surface area contributed by atoms with Gasteiger partial charge in [0.15, 0.2) is 0 Å². The predicted octanol–water partition coefficient (Wildman–Crippen LogP) is 2.83. The second kappa shape index (κ2) is 4.88. The van der Waals surface area contributed by atoms with Crippen LogP contribution in [0.4, 0.5) is 13.2 Å². The van der Waals surface area contributed by atoms with E-state index in [1.807, 2.05) is 0 Å². The first kappa shape index (κ1) is 15.6. The molecule has 1 aliphatic carbocycles. The van der Waals surface area contributed by atoms with Crippen LogP contribution in [0.1, 0.15) is 12.8 Å². The fourth-order valence-corrected chi connectivity index (χ4v) is 3.90. The van der Waals surface area contributed by atoms with E-state index in [9.17, 15) is 21.6 Å². The molecule has 0 radical (unpaired) electrons. The van der Waals surface area contributed by atoms with E-state index in [1.165, 1.54) is 25.3 Å². The summed E-state index contributed by atoms with van der Waals surface area (Å²) in [6, 6.07) is 4.11. The van der Waals surface area contributed by atoms with Gasteiger partial charge in [0, 0.05) is 4.47 Å². The number of nitrogens with one attached hydrogen (secondary N) is 1. The van der Waals surface area contributed by atoms with Crippen LogP contribution in [0.25, 0.3) is 0 Å². The third-order valence-electron chi connectivity index (χ3n) is 3.04. The highest BCUT2D eigenvalue weighted by atomic mass is 79.9. The molecule has 1 aromatic carbocycles. The average molecular weight is 374 g/mol. The summed E-state index contributed by atoms with van der Waals surface area (Å²) in [7, 11) is -3.08. The van der Waals surface area contributed by atoms with E-state index >= 15 is 0 Å². The van der Waals surface area contributed by atoms with Gasteiger partial charge in [0.2, 0.25) is 10.0 Å². The Bertz CT molecular complexity index is 626. The smallest absolute Gasteiger partial charge is 0.407 e. The van der Waals surface area contributed by atoms with Gasteiger partial charge in [-0.15, -0.1) is 0 Å². The summed E-state index contributed by atoms with van der Waals surface area (Å²) < 4.78 is 69.9. The van der Waals surface area contributed by atoms with E-state index in [-0.39, 0.29) is 23.5 Å². The number of sulfonamides is 1. The number of benzene rings is 1. The van der Waals surface area contributed by atoms with E-state index in [1.54, 1.807) is 4.72 Å². The van der Waals surface area contributed by atoms with Crippen LogP contribution in [0.2, 0.25) is 0 Å². The van der Waals surface area contributed by atoms with Crippen molar-refractivity contribution < 1.29 is 26.3 Å². The van der Waals surface area contributed by atoms with Crippen LogP contribution in [-0.2, 0) is 10.0 Å². The first-order valence-electron chi connectivity index (χ1n) is 5.56. The van der Waals surface area contributed by atoms with Gasteiger partial charge in [-0.3, -0.25) is 0 Å². The van der Waals surface area contributed by atoms with E-state index in [2.05, 4.69) is 15.9 Å². The van der Waals surface area contributed by atoms with Crippen LogP contribution in [0.5, 0.6) is 5.75 Å². The van der Waals surface area contributed by atoms with Crippen molar-refractivity contribution in [3.63, 3.8) is 0 Å². The number of halogens is 4. The lowest BCUT2D eigenvalue weighted by molar-refractivity contribution is -0.160.